The highest BCUT2D eigenvalue weighted by Gasteiger charge is 2.38. The number of nitrogens with zero attached hydrogens (tertiary/aromatic N) is 2. The van der Waals surface area contributed by atoms with Crippen LogP contribution in [0.4, 0.5) is 18.9 Å². The van der Waals surface area contributed by atoms with Gasteiger partial charge in [0.15, 0.2) is 6.10 Å². The third-order valence-electron chi connectivity index (χ3n) is 2.27. The Bertz CT molecular complexity index is 373. The molecule has 1 unspecified atom stereocenters. The minimum Gasteiger partial charge on any atom is -0.382 e. The second-order valence-electron chi connectivity index (χ2n) is 4.19. The molecule has 0 amide bonds. The van der Waals surface area contributed by atoms with Gasteiger partial charge < -0.3 is 10.4 Å². The van der Waals surface area contributed by atoms with Crippen LogP contribution < -0.4 is 5.32 Å². The molecule has 0 spiro atoms. The average Bonchev–Trinajstić information content (AvgIpc) is 2.54. The number of hydrogen-bond donors (Lipinski definition) is 2. The van der Waals surface area contributed by atoms with Gasteiger partial charge in [-0.15, -0.1) is 0 Å². The van der Waals surface area contributed by atoms with E-state index in [0.717, 1.165) is 0 Å². The minimum atomic E-state index is -4.60. The highest BCUT2D eigenvalue weighted by atomic mass is 19.4. The third-order valence-corrected chi connectivity index (χ3v) is 2.27. The van der Waals surface area contributed by atoms with Gasteiger partial charge in [0.2, 0.25) is 0 Å². The number of hydrogen-bond acceptors (Lipinski definition) is 3. The lowest BCUT2D eigenvalue weighted by Gasteiger charge is -2.16. The molecule has 0 radical (unpaired) electrons. The number of alkyl halides is 3. The molecule has 2 N–H and O–H groups in total. The summed E-state index contributed by atoms with van der Waals surface area (Å²) in [5.74, 6) is 0.0988. The normalized spacial score (nSPS) is 14.1. The van der Waals surface area contributed by atoms with Crippen molar-refractivity contribution in [3.8, 4) is 0 Å². The lowest BCUT2D eigenvalue weighted by Crippen LogP contribution is -2.35. The number of halogens is 3. The summed E-state index contributed by atoms with van der Waals surface area (Å²) in [7, 11) is 1.69. The summed E-state index contributed by atoms with van der Waals surface area (Å²) in [6.07, 6.45) is -5.38. The van der Waals surface area contributed by atoms with Crippen LogP contribution >= 0.6 is 0 Å². The summed E-state index contributed by atoms with van der Waals surface area (Å²) in [5, 5.41) is 15.6. The van der Waals surface area contributed by atoms with Crippen LogP contribution in [-0.4, -0.2) is 33.7 Å². The molecule has 1 atom stereocenters. The maximum Gasteiger partial charge on any atom is 0.416 e. The first-order valence-electron chi connectivity index (χ1n) is 5.24. The molecule has 0 aliphatic heterocycles. The second kappa shape index (κ2) is 4.95. The Morgan fingerprint density at radius 2 is 2.06 bits per heavy atom. The van der Waals surface area contributed by atoms with E-state index in [4.69, 9.17) is 5.11 Å². The van der Waals surface area contributed by atoms with Crippen molar-refractivity contribution in [3.05, 3.63) is 11.9 Å². The quantitative estimate of drug-likeness (QED) is 0.859. The zero-order valence-electron chi connectivity index (χ0n) is 9.91. The van der Waals surface area contributed by atoms with Gasteiger partial charge in [0, 0.05) is 19.8 Å². The van der Waals surface area contributed by atoms with E-state index >= 15 is 0 Å². The van der Waals surface area contributed by atoms with Crippen LogP contribution in [0.1, 0.15) is 25.5 Å². The number of nitrogens with one attached hydrogen (secondary N) is 1. The zero-order valence-corrected chi connectivity index (χ0v) is 9.91. The molecule has 0 aromatic carbocycles. The van der Waals surface area contributed by atoms with Crippen molar-refractivity contribution in [2.45, 2.75) is 32.0 Å². The molecule has 17 heavy (non-hydrogen) atoms. The maximum atomic E-state index is 12.1. The summed E-state index contributed by atoms with van der Waals surface area (Å²) in [6.45, 7) is 3.22. The molecule has 0 saturated carbocycles. The molecular formula is C10H16F3N3O. The predicted molar refractivity (Wildman–Crippen MR) is 57.8 cm³/mol. The molecule has 4 nitrogen and oxygen atoms in total. The van der Waals surface area contributed by atoms with Crippen molar-refractivity contribution < 1.29 is 18.3 Å². The van der Waals surface area contributed by atoms with Gasteiger partial charge in [-0.1, -0.05) is 13.8 Å². The van der Waals surface area contributed by atoms with E-state index in [1.165, 1.54) is 4.68 Å². The van der Waals surface area contributed by atoms with Crippen molar-refractivity contribution in [1.82, 2.24) is 9.78 Å². The summed E-state index contributed by atoms with van der Waals surface area (Å²) < 4.78 is 37.8. The summed E-state index contributed by atoms with van der Waals surface area (Å²) in [6, 6.07) is 0. The fourth-order valence-corrected chi connectivity index (χ4v) is 1.39. The first-order chi connectivity index (χ1) is 7.71. The Kier molecular flexibility index (Phi) is 4.03. The highest BCUT2D eigenvalue weighted by molar-refractivity contribution is 5.47. The van der Waals surface area contributed by atoms with Crippen molar-refractivity contribution in [3.63, 3.8) is 0 Å². The largest absolute Gasteiger partial charge is 0.416 e. The number of aromatic nitrogens is 2. The van der Waals surface area contributed by atoms with Crippen LogP contribution in [0.25, 0.3) is 0 Å². The van der Waals surface area contributed by atoms with E-state index in [1.54, 1.807) is 13.2 Å². The van der Waals surface area contributed by atoms with Gasteiger partial charge in [-0.3, -0.25) is 4.68 Å². The van der Waals surface area contributed by atoms with E-state index in [9.17, 15) is 13.2 Å². The summed E-state index contributed by atoms with van der Waals surface area (Å²) >= 11 is 0. The molecule has 1 aromatic rings. The van der Waals surface area contributed by atoms with Crippen LogP contribution in [-0.2, 0) is 7.05 Å². The van der Waals surface area contributed by atoms with Gasteiger partial charge in [-0.05, 0) is 5.92 Å². The number of anilines is 1. The molecule has 98 valence electrons. The number of aryl methyl sites for hydroxylation is 1. The van der Waals surface area contributed by atoms with E-state index < -0.39 is 18.8 Å². The van der Waals surface area contributed by atoms with Crippen molar-refractivity contribution in [2.75, 3.05) is 11.9 Å². The smallest absolute Gasteiger partial charge is 0.382 e. The Morgan fingerprint density at radius 1 is 1.47 bits per heavy atom. The van der Waals surface area contributed by atoms with Crippen LogP contribution in [0, 0.1) is 0 Å². The molecule has 1 aromatic heterocycles. The zero-order chi connectivity index (χ0) is 13.2. The van der Waals surface area contributed by atoms with Gasteiger partial charge in [0.25, 0.3) is 0 Å². The average molecular weight is 251 g/mol. The van der Waals surface area contributed by atoms with Gasteiger partial charge in [-0.2, -0.15) is 18.3 Å². The molecular weight excluding hydrogens is 235 g/mol. The molecule has 0 bridgehead atoms. The highest BCUT2D eigenvalue weighted by Crippen LogP contribution is 2.24. The van der Waals surface area contributed by atoms with Gasteiger partial charge in [0.1, 0.15) is 0 Å². The third kappa shape index (κ3) is 3.62. The first kappa shape index (κ1) is 13.8. The van der Waals surface area contributed by atoms with E-state index in [-0.39, 0.29) is 5.92 Å². The van der Waals surface area contributed by atoms with Crippen molar-refractivity contribution in [2.24, 2.45) is 7.05 Å². The molecule has 1 rings (SSSR count). The number of rotatable bonds is 4. The van der Waals surface area contributed by atoms with Gasteiger partial charge >= 0.3 is 6.18 Å². The second-order valence-corrected chi connectivity index (χ2v) is 4.19. The van der Waals surface area contributed by atoms with Crippen LogP contribution in [0.3, 0.4) is 0 Å². The summed E-state index contributed by atoms with van der Waals surface area (Å²) in [4.78, 5) is 0. The van der Waals surface area contributed by atoms with Gasteiger partial charge in [0.05, 0.1) is 11.4 Å². The van der Waals surface area contributed by atoms with E-state index in [1.807, 2.05) is 13.8 Å². The standard InChI is InChI=1S/C10H16F3N3O/c1-6(2)9-7(5-16(3)15-9)14-4-8(17)10(11,12)13/h5-6,8,14,17H,4H2,1-3H3. The maximum absolute atomic E-state index is 12.1. The first-order valence-corrected chi connectivity index (χ1v) is 5.24. The fraction of sp³-hybridized carbons (Fsp3) is 0.700. The monoisotopic (exact) mass is 251 g/mol. The Balaban J connectivity index is 2.69. The lowest BCUT2D eigenvalue weighted by atomic mass is 10.1. The topological polar surface area (TPSA) is 50.1 Å². The lowest BCUT2D eigenvalue weighted by molar-refractivity contribution is -0.198. The Morgan fingerprint density at radius 3 is 2.53 bits per heavy atom. The van der Waals surface area contributed by atoms with Gasteiger partial charge in [-0.25, -0.2) is 0 Å². The van der Waals surface area contributed by atoms with Crippen molar-refractivity contribution in [1.29, 1.82) is 0 Å². The Labute approximate surface area is 97.4 Å². The van der Waals surface area contributed by atoms with E-state index in [2.05, 4.69) is 10.4 Å². The summed E-state index contributed by atoms with van der Waals surface area (Å²) in [5.41, 5.74) is 1.20. The van der Waals surface area contributed by atoms with Crippen LogP contribution in [0.15, 0.2) is 6.20 Å². The molecule has 0 saturated heterocycles. The van der Waals surface area contributed by atoms with Crippen molar-refractivity contribution >= 4 is 5.69 Å². The fourth-order valence-electron chi connectivity index (χ4n) is 1.39. The minimum absolute atomic E-state index is 0.0988. The van der Waals surface area contributed by atoms with Crippen LogP contribution in [0.2, 0.25) is 0 Å². The molecule has 7 heteroatoms. The molecule has 0 fully saturated rings. The number of aliphatic hydroxyl groups is 1. The molecule has 0 aliphatic carbocycles. The molecule has 1 heterocycles. The van der Waals surface area contributed by atoms with E-state index in [0.29, 0.717) is 11.4 Å². The SMILES string of the molecule is CC(C)c1nn(C)cc1NCC(O)C(F)(F)F. The Hall–Kier alpha value is -1.24. The van der Waals surface area contributed by atoms with Crippen LogP contribution in [0.5, 0.6) is 0 Å². The predicted octanol–water partition coefficient (Wildman–Crippen LogP) is 1.88. The molecule has 0 aliphatic rings. The number of aliphatic hydroxyl groups excluding tert-OH is 1.